The Hall–Kier alpha value is -1.45. The fraction of sp³-hybridized carbons (Fsp3) is 0.846. The molecular weight excluding hydrogens is 460 g/mol. The predicted octanol–water partition coefficient (Wildman–Crippen LogP) is 4.11. The Balaban J connectivity index is 1.31. The second-order valence-corrected chi connectivity index (χ2v) is 12.7. The van der Waals surface area contributed by atoms with E-state index in [0.29, 0.717) is 30.9 Å². The summed E-state index contributed by atoms with van der Waals surface area (Å²) >= 11 is 0. The van der Waals surface area contributed by atoms with Crippen LogP contribution in [0.3, 0.4) is 0 Å². The van der Waals surface area contributed by atoms with Crippen LogP contribution in [0.4, 0.5) is 11.8 Å². The van der Waals surface area contributed by atoms with Crippen LogP contribution in [0.1, 0.15) is 84.0 Å². The van der Waals surface area contributed by atoms with Crippen molar-refractivity contribution < 1.29 is 8.42 Å². The van der Waals surface area contributed by atoms with Gasteiger partial charge in [0.1, 0.15) is 5.82 Å². The van der Waals surface area contributed by atoms with Crippen molar-refractivity contribution in [1.82, 2.24) is 19.2 Å². The van der Waals surface area contributed by atoms with Gasteiger partial charge in [-0.25, -0.2) is 17.7 Å². The van der Waals surface area contributed by atoms with Crippen molar-refractivity contribution in [2.75, 3.05) is 55.2 Å². The maximum atomic E-state index is 12.7. The normalized spacial score (nSPS) is 24.1. The van der Waals surface area contributed by atoms with E-state index in [1.807, 2.05) is 12.3 Å². The second kappa shape index (κ2) is 13.2. The first-order valence-electron chi connectivity index (χ1n) is 14.1. The van der Waals surface area contributed by atoms with Crippen molar-refractivity contribution in [3.05, 3.63) is 12.3 Å². The molecule has 3 fully saturated rings. The van der Waals surface area contributed by atoms with Crippen LogP contribution >= 0.6 is 0 Å². The van der Waals surface area contributed by atoms with Gasteiger partial charge < -0.3 is 10.2 Å². The molecule has 4 heterocycles. The molecule has 0 radical (unpaired) electrons. The van der Waals surface area contributed by atoms with Gasteiger partial charge in [0.25, 0.3) is 0 Å². The highest BCUT2D eigenvalue weighted by Gasteiger charge is 2.32. The monoisotopic (exact) mass is 506 g/mol. The van der Waals surface area contributed by atoms with Crippen molar-refractivity contribution in [2.24, 2.45) is 0 Å². The zero-order valence-electron chi connectivity index (χ0n) is 21.7. The molecule has 198 valence electrons. The average Bonchev–Trinajstić information content (AvgIpc) is 3.28. The summed E-state index contributed by atoms with van der Waals surface area (Å²) in [5.74, 6) is 2.09. The summed E-state index contributed by atoms with van der Waals surface area (Å²) in [6.45, 7) is 7.68. The first-order chi connectivity index (χ1) is 17.0. The van der Waals surface area contributed by atoms with Gasteiger partial charge in [0, 0.05) is 51.0 Å². The average molecular weight is 507 g/mol. The van der Waals surface area contributed by atoms with Gasteiger partial charge in [0.05, 0.1) is 5.75 Å². The van der Waals surface area contributed by atoms with E-state index in [4.69, 9.17) is 4.98 Å². The van der Waals surface area contributed by atoms with Gasteiger partial charge in [0.15, 0.2) is 0 Å². The number of aromatic nitrogens is 2. The van der Waals surface area contributed by atoms with E-state index in [1.165, 1.54) is 38.5 Å². The van der Waals surface area contributed by atoms with Gasteiger partial charge in [0.2, 0.25) is 16.0 Å². The molecule has 0 spiro atoms. The Morgan fingerprint density at radius 2 is 1.69 bits per heavy atom. The molecule has 0 bridgehead atoms. The number of piperidine rings is 1. The molecule has 1 aromatic rings. The van der Waals surface area contributed by atoms with E-state index < -0.39 is 10.0 Å². The standard InChI is InChI=1S/C26H46N6O2S/c1-2-3-10-21-35(33,34)32-19-13-24(14-20-32)31-18-9-6-11-23(22-31)28-26-27-15-12-25(29-26)30-16-7-4-5-8-17-30/h12,15,23-24H,2-11,13-14,16-22H2,1H3,(H,27,28,29). The second-order valence-electron chi connectivity index (χ2n) is 10.6. The highest BCUT2D eigenvalue weighted by Crippen LogP contribution is 2.24. The summed E-state index contributed by atoms with van der Waals surface area (Å²) in [5, 5.41) is 3.65. The number of rotatable bonds is 9. The molecule has 1 N–H and O–H groups in total. The van der Waals surface area contributed by atoms with Crippen molar-refractivity contribution in [3.63, 3.8) is 0 Å². The number of nitrogens with one attached hydrogen (secondary N) is 1. The van der Waals surface area contributed by atoms with E-state index in [-0.39, 0.29) is 0 Å². The number of likely N-dealkylation sites (tertiary alicyclic amines) is 1. The Morgan fingerprint density at radius 1 is 0.943 bits per heavy atom. The maximum Gasteiger partial charge on any atom is 0.224 e. The van der Waals surface area contributed by atoms with Gasteiger partial charge in [-0.1, -0.05) is 39.0 Å². The summed E-state index contributed by atoms with van der Waals surface area (Å²) in [6.07, 6.45) is 15.2. The Bertz CT molecular complexity index is 866. The SMILES string of the molecule is CCCCCS(=O)(=O)N1CCC(N2CCCCC(Nc3nccc(N4CCCCCC4)n3)C2)CC1. The molecule has 3 saturated heterocycles. The smallest absolute Gasteiger partial charge is 0.224 e. The maximum absolute atomic E-state index is 12.7. The lowest BCUT2D eigenvalue weighted by molar-refractivity contribution is 0.140. The van der Waals surface area contributed by atoms with Crippen LogP contribution in [0.2, 0.25) is 0 Å². The fourth-order valence-electron chi connectivity index (χ4n) is 5.85. The minimum atomic E-state index is -3.10. The molecule has 1 unspecified atom stereocenters. The molecule has 35 heavy (non-hydrogen) atoms. The van der Waals surface area contributed by atoms with Crippen LogP contribution in [0.25, 0.3) is 0 Å². The molecule has 0 aliphatic carbocycles. The fourth-order valence-corrected chi connectivity index (χ4v) is 7.44. The van der Waals surface area contributed by atoms with Crippen LogP contribution in [0.15, 0.2) is 12.3 Å². The third-order valence-electron chi connectivity index (χ3n) is 7.95. The Kier molecular flexibility index (Phi) is 10.0. The van der Waals surface area contributed by atoms with Crippen LogP contribution in [-0.4, -0.2) is 84.7 Å². The molecule has 1 aromatic heterocycles. The van der Waals surface area contributed by atoms with Crippen molar-refractivity contribution in [3.8, 4) is 0 Å². The molecule has 0 amide bonds. The lowest BCUT2D eigenvalue weighted by Gasteiger charge is -2.38. The molecule has 9 heteroatoms. The van der Waals surface area contributed by atoms with Gasteiger partial charge in [-0.3, -0.25) is 4.90 Å². The number of hydrogen-bond acceptors (Lipinski definition) is 7. The largest absolute Gasteiger partial charge is 0.356 e. The Morgan fingerprint density at radius 3 is 2.43 bits per heavy atom. The van der Waals surface area contributed by atoms with Crippen molar-refractivity contribution in [2.45, 2.75) is 96.1 Å². The molecule has 3 aliphatic rings. The molecule has 8 nitrogen and oxygen atoms in total. The van der Waals surface area contributed by atoms with E-state index in [9.17, 15) is 8.42 Å². The number of hydrogen-bond donors (Lipinski definition) is 1. The zero-order valence-corrected chi connectivity index (χ0v) is 22.5. The summed E-state index contributed by atoms with van der Waals surface area (Å²) < 4.78 is 27.1. The van der Waals surface area contributed by atoms with E-state index >= 15 is 0 Å². The molecule has 0 saturated carbocycles. The number of unbranched alkanes of at least 4 members (excludes halogenated alkanes) is 2. The van der Waals surface area contributed by atoms with E-state index in [1.54, 1.807) is 4.31 Å². The van der Waals surface area contributed by atoms with Crippen molar-refractivity contribution in [1.29, 1.82) is 0 Å². The summed E-state index contributed by atoms with van der Waals surface area (Å²) in [6, 6.07) is 2.83. The van der Waals surface area contributed by atoms with Crippen LogP contribution in [-0.2, 0) is 10.0 Å². The minimum Gasteiger partial charge on any atom is -0.356 e. The first-order valence-corrected chi connectivity index (χ1v) is 15.7. The summed E-state index contributed by atoms with van der Waals surface area (Å²) in [4.78, 5) is 14.4. The predicted molar refractivity (Wildman–Crippen MR) is 143 cm³/mol. The molecular formula is C26H46N6O2S. The van der Waals surface area contributed by atoms with Gasteiger partial charge in [-0.05, 0) is 57.6 Å². The third kappa shape index (κ3) is 7.76. The van der Waals surface area contributed by atoms with Crippen LogP contribution in [0, 0.1) is 0 Å². The van der Waals surface area contributed by atoms with E-state index in [0.717, 1.165) is 76.5 Å². The summed E-state index contributed by atoms with van der Waals surface area (Å²) in [5.41, 5.74) is 0. The van der Waals surface area contributed by atoms with Gasteiger partial charge >= 0.3 is 0 Å². The van der Waals surface area contributed by atoms with E-state index in [2.05, 4.69) is 27.0 Å². The molecule has 1 atom stereocenters. The number of nitrogens with zero attached hydrogens (tertiary/aromatic N) is 5. The van der Waals surface area contributed by atoms with Crippen molar-refractivity contribution >= 4 is 21.8 Å². The van der Waals surface area contributed by atoms with Crippen LogP contribution in [0.5, 0.6) is 0 Å². The zero-order chi connectivity index (χ0) is 24.5. The lowest BCUT2D eigenvalue weighted by Crippen LogP contribution is -2.49. The number of sulfonamides is 1. The van der Waals surface area contributed by atoms with Gasteiger partial charge in [-0.15, -0.1) is 0 Å². The highest BCUT2D eigenvalue weighted by molar-refractivity contribution is 7.89. The lowest BCUT2D eigenvalue weighted by atomic mass is 10.0. The Labute approximate surface area is 212 Å². The summed E-state index contributed by atoms with van der Waals surface area (Å²) in [7, 11) is -3.10. The van der Waals surface area contributed by atoms with Crippen LogP contribution < -0.4 is 10.2 Å². The highest BCUT2D eigenvalue weighted by atomic mass is 32.2. The topological polar surface area (TPSA) is 81.7 Å². The van der Waals surface area contributed by atoms with Gasteiger partial charge in [-0.2, -0.15) is 4.98 Å². The quantitative estimate of drug-likeness (QED) is 0.505. The third-order valence-corrected chi connectivity index (χ3v) is 9.90. The molecule has 4 rings (SSSR count). The molecule has 0 aromatic carbocycles. The first kappa shape index (κ1) is 26.6. The molecule has 3 aliphatic heterocycles. The minimum absolute atomic E-state index is 0.303. The number of anilines is 2.